The summed E-state index contributed by atoms with van der Waals surface area (Å²) in [6, 6.07) is 17.6. The SMILES string of the molecule is C[C@@H](O)CNCC(=O)N1CCc2ccccc2C1c1ccc(C#N)cc1. The number of rotatable bonds is 5. The van der Waals surface area contributed by atoms with Gasteiger partial charge in [-0.15, -0.1) is 0 Å². The van der Waals surface area contributed by atoms with Crippen LogP contribution >= 0.6 is 0 Å². The summed E-state index contributed by atoms with van der Waals surface area (Å²) < 4.78 is 0. The van der Waals surface area contributed by atoms with E-state index < -0.39 is 6.10 Å². The molecule has 1 aliphatic rings. The van der Waals surface area contributed by atoms with E-state index in [1.165, 1.54) is 5.56 Å². The average molecular weight is 349 g/mol. The van der Waals surface area contributed by atoms with Crippen molar-refractivity contribution in [3.05, 3.63) is 70.8 Å². The minimum Gasteiger partial charge on any atom is -0.392 e. The molecular formula is C21H23N3O2. The van der Waals surface area contributed by atoms with Crippen LogP contribution in [0.3, 0.4) is 0 Å². The Hall–Kier alpha value is -2.68. The van der Waals surface area contributed by atoms with Crippen LogP contribution in [0.25, 0.3) is 0 Å². The molecule has 2 N–H and O–H groups in total. The lowest BCUT2D eigenvalue weighted by atomic mass is 9.88. The molecule has 0 aliphatic carbocycles. The molecule has 3 rings (SSSR count). The van der Waals surface area contributed by atoms with Crippen LogP contribution in [0.5, 0.6) is 0 Å². The molecule has 0 bridgehead atoms. The van der Waals surface area contributed by atoms with Crippen molar-refractivity contribution in [1.82, 2.24) is 10.2 Å². The molecule has 0 aromatic heterocycles. The minimum absolute atomic E-state index is 0.00881. The third-order valence-corrected chi connectivity index (χ3v) is 4.68. The van der Waals surface area contributed by atoms with Gasteiger partial charge in [-0.1, -0.05) is 36.4 Å². The second-order valence-electron chi connectivity index (χ2n) is 6.65. The van der Waals surface area contributed by atoms with Crippen LogP contribution in [0.4, 0.5) is 0 Å². The summed E-state index contributed by atoms with van der Waals surface area (Å²) in [5, 5.41) is 21.4. The van der Waals surface area contributed by atoms with Gasteiger partial charge in [0.2, 0.25) is 5.91 Å². The molecule has 2 atom stereocenters. The monoisotopic (exact) mass is 349 g/mol. The van der Waals surface area contributed by atoms with E-state index in [0.29, 0.717) is 18.7 Å². The summed E-state index contributed by atoms with van der Waals surface area (Å²) >= 11 is 0. The van der Waals surface area contributed by atoms with E-state index in [1.807, 2.05) is 29.2 Å². The lowest BCUT2D eigenvalue weighted by Crippen LogP contribution is -2.45. The second kappa shape index (κ2) is 8.13. The fourth-order valence-electron chi connectivity index (χ4n) is 3.42. The topological polar surface area (TPSA) is 76.4 Å². The quantitative estimate of drug-likeness (QED) is 0.866. The number of hydrogen-bond acceptors (Lipinski definition) is 4. The highest BCUT2D eigenvalue weighted by atomic mass is 16.3. The molecule has 0 saturated carbocycles. The summed E-state index contributed by atoms with van der Waals surface area (Å²) in [5.41, 5.74) is 3.99. The zero-order chi connectivity index (χ0) is 18.5. The number of carbonyl (C=O) groups is 1. The van der Waals surface area contributed by atoms with Crippen LogP contribution in [0.1, 0.15) is 35.2 Å². The smallest absolute Gasteiger partial charge is 0.237 e. The van der Waals surface area contributed by atoms with Crippen molar-refractivity contribution in [3.63, 3.8) is 0 Å². The molecule has 2 aromatic rings. The van der Waals surface area contributed by atoms with Gasteiger partial charge in [0.25, 0.3) is 0 Å². The number of nitriles is 1. The van der Waals surface area contributed by atoms with E-state index in [4.69, 9.17) is 5.26 Å². The van der Waals surface area contributed by atoms with Gasteiger partial charge in [0.05, 0.1) is 30.3 Å². The Morgan fingerprint density at radius 3 is 2.73 bits per heavy atom. The lowest BCUT2D eigenvalue weighted by molar-refractivity contribution is -0.132. The highest BCUT2D eigenvalue weighted by molar-refractivity contribution is 5.79. The second-order valence-corrected chi connectivity index (χ2v) is 6.65. The Morgan fingerprint density at radius 2 is 2.04 bits per heavy atom. The number of nitrogens with zero attached hydrogens (tertiary/aromatic N) is 2. The maximum absolute atomic E-state index is 12.8. The highest BCUT2D eigenvalue weighted by Crippen LogP contribution is 2.35. The molecular weight excluding hydrogens is 326 g/mol. The number of hydrogen-bond donors (Lipinski definition) is 2. The fourth-order valence-corrected chi connectivity index (χ4v) is 3.42. The van der Waals surface area contributed by atoms with Gasteiger partial charge in [-0.25, -0.2) is 0 Å². The van der Waals surface area contributed by atoms with E-state index in [-0.39, 0.29) is 18.5 Å². The molecule has 2 aromatic carbocycles. The van der Waals surface area contributed by atoms with Crippen molar-refractivity contribution in [1.29, 1.82) is 5.26 Å². The van der Waals surface area contributed by atoms with Crippen LogP contribution in [0.15, 0.2) is 48.5 Å². The molecule has 26 heavy (non-hydrogen) atoms. The molecule has 5 nitrogen and oxygen atoms in total. The summed E-state index contributed by atoms with van der Waals surface area (Å²) in [6.45, 7) is 2.92. The molecule has 1 amide bonds. The Labute approximate surface area is 153 Å². The average Bonchev–Trinajstić information content (AvgIpc) is 2.66. The summed E-state index contributed by atoms with van der Waals surface area (Å²) in [5.74, 6) is 0.00881. The Morgan fingerprint density at radius 1 is 1.31 bits per heavy atom. The first kappa shape index (κ1) is 18.1. The van der Waals surface area contributed by atoms with Gasteiger partial charge in [-0.3, -0.25) is 4.79 Å². The number of benzene rings is 2. The van der Waals surface area contributed by atoms with Crippen molar-refractivity contribution < 1.29 is 9.90 Å². The number of carbonyl (C=O) groups excluding carboxylic acids is 1. The van der Waals surface area contributed by atoms with Gasteiger partial charge in [0.1, 0.15) is 0 Å². The standard InChI is InChI=1S/C21H23N3O2/c1-15(25)13-23-14-20(26)24-11-10-17-4-2-3-5-19(17)21(24)18-8-6-16(12-22)7-9-18/h2-9,15,21,23,25H,10-11,13-14H2,1H3/t15-,21?/m1/s1. The number of aliphatic hydroxyl groups excluding tert-OH is 1. The van der Waals surface area contributed by atoms with Gasteiger partial charge >= 0.3 is 0 Å². The van der Waals surface area contributed by atoms with E-state index in [2.05, 4.69) is 23.5 Å². The molecule has 5 heteroatoms. The molecule has 0 radical (unpaired) electrons. The Balaban J connectivity index is 1.90. The number of amides is 1. The van der Waals surface area contributed by atoms with Gasteiger partial charge in [0.15, 0.2) is 0 Å². The maximum atomic E-state index is 12.8. The number of aliphatic hydroxyl groups is 1. The van der Waals surface area contributed by atoms with Crippen molar-refractivity contribution >= 4 is 5.91 Å². The van der Waals surface area contributed by atoms with E-state index in [9.17, 15) is 9.90 Å². The van der Waals surface area contributed by atoms with Gasteiger partial charge in [-0.05, 0) is 42.2 Å². The molecule has 1 aliphatic heterocycles. The third-order valence-electron chi connectivity index (χ3n) is 4.68. The lowest BCUT2D eigenvalue weighted by Gasteiger charge is -2.38. The summed E-state index contributed by atoms with van der Waals surface area (Å²) in [6.07, 6.45) is 0.338. The number of fused-ring (bicyclic) bond motifs is 1. The first-order chi connectivity index (χ1) is 12.6. The summed E-state index contributed by atoms with van der Waals surface area (Å²) in [7, 11) is 0. The molecule has 134 valence electrons. The molecule has 0 fully saturated rings. The van der Waals surface area contributed by atoms with Crippen molar-refractivity contribution in [2.75, 3.05) is 19.6 Å². The van der Waals surface area contributed by atoms with Crippen molar-refractivity contribution in [2.24, 2.45) is 0 Å². The van der Waals surface area contributed by atoms with Crippen molar-refractivity contribution in [2.45, 2.75) is 25.5 Å². The molecule has 1 unspecified atom stereocenters. The predicted molar refractivity (Wildman–Crippen MR) is 99.4 cm³/mol. The largest absolute Gasteiger partial charge is 0.392 e. The van der Waals surface area contributed by atoms with Crippen LogP contribution in [0, 0.1) is 11.3 Å². The van der Waals surface area contributed by atoms with E-state index in [1.54, 1.807) is 19.1 Å². The van der Waals surface area contributed by atoms with Crippen LogP contribution < -0.4 is 5.32 Å². The Kier molecular flexibility index (Phi) is 5.67. The van der Waals surface area contributed by atoms with Crippen molar-refractivity contribution in [3.8, 4) is 6.07 Å². The van der Waals surface area contributed by atoms with Crippen LogP contribution in [-0.4, -0.2) is 41.7 Å². The van der Waals surface area contributed by atoms with Gasteiger partial charge in [0, 0.05) is 13.1 Å². The fraction of sp³-hybridized carbons (Fsp3) is 0.333. The normalized spacial score (nSPS) is 17.3. The van der Waals surface area contributed by atoms with Gasteiger partial charge in [-0.2, -0.15) is 5.26 Å². The third kappa shape index (κ3) is 3.93. The van der Waals surface area contributed by atoms with Gasteiger partial charge < -0.3 is 15.3 Å². The van der Waals surface area contributed by atoms with E-state index >= 15 is 0 Å². The highest BCUT2D eigenvalue weighted by Gasteiger charge is 2.31. The Bertz CT molecular complexity index is 809. The summed E-state index contributed by atoms with van der Waals surface area (Å²) in [4.78, 5) is 14.7. The zero-order valence-electron chi connectivity index (χ0n) is 14.9. The predicted octanol–water partition coefficient (Wildman–Crippen LogP) is 2.00. The molecule has 0 saturated heterocycles. The minimum atomic E-state index is -0.487. The maximum Gasteiger partial charge on any atom is 0.237 e. The van der Waals surface area contributed by atoms with Crippen LogP contribution in [0.2, 0.25) is 0 Å². The molecule has 1 heterocycles. The first-order valence-corrected chi connectivity index (χ1v) is 8.86. The van der Waals surface area contributed by atoms with E-state index in [0.717, 1.165) is 17.5 Å². The zero-order valence-corrected chi connectivity index (χ0v) is 14.9. The number of nitrogens with one attached hydrogen (secondary N) is 1. The van der Waals surface area contributed by atoms with Crippen LogP contribution in [-0.2, 0) is 11.2 Å². The molecule has 0 spiro atoms. The first-order valence-electron chi connectivity index (χ1n) is 8.86.